The number of rotatable bonds is 8. The highest BCUT2D eigenvalue weighted by Gasteiger charge is 2.38. The van der Waals surface area contributed by atoms with Crippen LogP contribution in [0.25, 0.3) is 0 Å². The molecule has 1 nitrogen and oxygen atoms in total. The number of hydrogen-bond donors (Lipinski definition) is 0. The second-order valence-electron chi connectivity index (χ2n) is 6.52. The predicted octanol–water partition coefficient (Wildman–Crippen LogP) is 5.53. The van der Waals surface area contributed by atoms with Gasteiger partial charge in [-0.05, 0) is 31.0 Å². The summed E-state index contributed by atoms with van der Waals surface area (Å²) < 4.78 is 6.46. The van der Waals surface area contributed by atoms with Gasteiger partial charge in [0.2, 0.25) is 0 Å². The fourth-order valence-electron chi connectivity index (χ4n) is 1.63. The minimum Gasteiger partial charge on any atom is -0.414 e. The molecule has 0 amide bonds. The molecule has 0 rings (SSSR count). The van der Waals surface area contributed by atoms with Crippen LogP contribution in [0.4, 0.5) is 0 Å². The van der Waals surface area contributed by atoms with Gasteiger partial charge in [0.1, 0.15) is 0 Å². The molecule has 0 N–H and O–H groups in total. The lowest BCUT2D eigenvalue weighted by Crippen LogP contribution is -2.43. The van der Waals surface area contributed by atoms with E-state index in [-0.39, 0.29) is 0 Å². The fraction of sp³-hybridized carbons (Fsp3) is 0.867. The first-order chi connectivity index (χ1) is 7.74. The largest absolute Gasteiger partial charge is 0.414 e. The van der Waals surface area contributed by atoms with Crippen LogP contribution in [0.3, 0.4) is 0 Å². The highest BCUT2D eigenvalue weighted by Crippen LogP contribution is 2.38. The second kappa shape index (κ2) is 7.37. The Hall–Kier alpha value is -0.0831. The average Bonchev–Trinajstić information content (AvgIpc) is 2.16. The molecule has 0 aromatic rings. The van der Waals surface area contributed by atoms with Crippen molar-refractivity contribution in [3.05, 3.63) is 12.7 Å². The predicted molar refractivity (Wildman–Crippen MR) is 81.0 cm³/mol. The zero-order valence-electron chi connectivity index (χ0n) is 12.8. The monoisotopic (exact) mass is 256 g/mol. The van der Waals surface area contributed by atoms with Crippen molar-refractivity contribution in [2.75, 3.05) is 0 Å². The van der Waals surface area contributed by atoms with Gasteiger partial charge in [0, 0.05) is 6.10 Å². The van der Waals surface area contributed by atoms with E-state index in [9.17, 15) is 0 Å². The lowest BCUT2D eigenvalue weighted by Gasteiger charge is -2.39. The molecule has 0 aromatic heterocycles. The molecule has 0 spiro atoms. The van der Waals surface area contributed by atoms with E-state index in [0.29, 0.717) is 11.1 Å². The van der Waals surface area contributed by atoms with E-state index < -0.39 is 8.32 Å². The van der Waals surface area contributed by atoms with Gasteiger partial charge in [0.15, 0.2) is 8.32 Å². The van der Waals surface area contributed by atoms with Gasteiger partial charge in [-0.1, -0.05) is 53.0 Å². The van der Waals surface area contributed by atoms with Crippen LogP contribution in [0.2, 0.25) is 18.1 Å². The Kier molecular flexibility index (Phi) is 7.34. The smallest absolute Gasteiger partial charge is 0.192 e. The van der Waals surface area contributed by atoms with Crippen molar-refractivity contribution in [3.63, 3.8) is 0 Å². The van der Waals surface area contributed by atoms with Crippen molar-refractivity contribution >= 4 is 8.32 Å². The molecule has 0 radical (unpaired) electrons. The summed E-state index contributed by atoms with van der Waals surface area (Å²) in [4.78, 5) is 0. The third-order valence-electron chi connectivity index (χ3n) is 3.83. The molecule has 0 heterocycles. The Labute approximate surface area is 110 Å². The Bertz CT molecular complexity index is 215. The minimum atomic E-state index is -1.61. The second-order valence-corrected chi connectivity index (χ2v) is 11.3. The molecule has 17 heavy (non-hydrogen) atoms. The van der Waals surface area contributed by atoms with Gasteiger partial charge in [-0.15, -0.1) is 6.58 Å². The third-order valence-corrected chi connectivity index (χ3v) is 8.36. The standard InChI is InChI=1S/C15H32OSi/c1-8-10-11-13-14(12-9-2)16-17(6,7)15(3,4)5/h9,14H,2,8,10-13H2,1,3-7H3/t14-/m1/s1. The van der Waals surface area contributed by atoms with E-state index in [4.69, 9.17) is 4.43 Å². The van der Waals surface area contributed by atoms with Crippen LogP contribution in [-0.4, -0.2) is 14.4 Å². The van der Waals surface area contributed by atoms with Crippen LogP contribution in [0, 0.1) is 0 Å². The van der Waals surface area contributed by atoms with Gasteiger partial charge in [-0.3, -0.25) is 0 Å². The van der Waals surface area contributed by atoms with E-state index >= 15 is 0 Å². The Balaban J connectivity index is 4.37. The summed E-state index contributed by atoms with van der Waals surface area (Å²) in [5.74, 6) is 0. The first-order valence-electron chi connectivity index (χ1n) is 7.03. The molecule has 0 aromatic carbocycles. The third kappa shape index (κ3) is 6.42. The summed E-state index contributed by atoms with van der Waals surface area (Å²) in [6, 6.07) is 0. The van der Waals surface area contributed by atoms with Gasteiger partial charge < -0.3 is 4.43 Å². The van der Waals surface area contributed by atoms with Crippen molar-refractivity contribution in [2.45, 2.75) is 84.0 Å². The molecule has 0 bridgehead atoms. The van der Waals surface area contributed by atoms with Crippen LogP contribution in [0.5, 0.6) is 0 Å². The topological polar surface area (TPSA) is 9.23 Å². The fourth-order valence-corrected chi connectivity index (χ4v) is 3.03. The van der Waals surface area contributed by atoms with Crippen LogP contribution >= 0.6 is 0 Å². The quantitative estimate of drug-likeness (QED) is 0.315. The lowest BCUT2D eigenvalue weighted by atomic mass is 10.1. The summed E-state index contributed by atoms with van der Waals surface area (Å²) in [6.45, 7) is 17.7. The Morgan fingerprint density at radius 3 is 2.24 bits per heavy atom. The Morgan fingerprint density at radius 1 is 1.24 bits per heavy atom. The number of unbranched alkanes of at least 4 members (excludes halogenated alkanes) is 2. The summed E-state index contributed by atoms with van der Waals surface area (Å²) in [5, 5.41) is 0.303. The normalized spacial score (nSPS) is 14.7. The first kappa shape index (κ1) is 16.9. The maximum Gasteiger partial charge on any atom is 0.192 e. The SMILES string of the molecule is C=CC[C@H](CCCCC)O[Si](C)(C)C(C)(C)C. The van der Waals surface area contributed by atoms with Gasteiger partial charge in [0.05, 0.1) is 0 Å². The van der Waals surface area contributed by atoms with Crippen molar-refractivity contribution in [1.82, 2.24) is 0 Å². The molecule has 0 fully saturated rings. The van der Waals surface area contributed by atoms with Crippen molar-refractivity contribution in [3.8, 4) is 0 Å². The summed E-state index contributed by atoms with van der Waals surface area (Å²) in [5.41, 5.74) is 0. The summed E-state index contributed by atoms with van der Waals surface area (Å²) >= 11 is 0. The highest BCUT2D eigenvalue weighted by atomic mass is 28.4. The molecular formula is C15H32OSi. The van der Waals surface area contributed by atoms with Gasteiger partial charge in [-0.25, -0.2) is 0 Å². The van der Waals surface area contributed by atoms with Gasteiger partial charge in [-0.2, -0.15) is 0 Å². The van der Waals surface area contributed by atoms with Crippen LogP contribution in [-0.2, 0) is 4.43 Å². The van der Waals surface area contributed by atoms with E-state index in [2.05, 4.69) is 47.4 Å². The molecule has 1 atom stereocenters. The van der Waals surface area contributed by atoms with Crippen LogP contribution in [0.15, 0.2) is 12.7 Å². The van der Waals surface area contributed by atoms with Crippen molar-refractivity contribution in [2.24, 2.45) is 0 Å². The zero-order chi connectivity index (χ0) is 13.5. The van der Waals surface area contributed by atoms with Gasteiger partial charge in [0.25, 0.3) is 0 Å². The van der Waals surface area contributed by atoms with Crippen molar-refractivity contribution < 1.29 is 4.43 Å². The minimum absolute atomic E-state index is 0.303. The molecule has 0 aliphatic carbocycles. The van der Waals surface area contributed by atoms with E-state index in [1.54, 1.807) is 0 Å². The average molecular weight is 257 g/mol. The van der Waals surface area contributed by atoms with E-state index in [1.165, 1.54) is 25.7 Å². The molecular weight excluding hydrogens is 224 g/mol. The van der Waals surface area contributed by atoms with E-state index in [1.807, 2.05) is 6.08 Å². The zero-order valence-corrected chi connectivity index (χ0v) is 13.8. The molecule has 102 valence electrons. The molecule has 0 saturated carbocycles. The maximum absolute atomic E-state index is 6.46. The summed E-state index contributed by atoms with van der Waals surface area (Å²) in [7, 11) is -1.61. The van der Waals surface area contributed by atoms with Crippen molar-refractivity contribution in [1.29, 1.82) is 0 Å². The Morgan fingerprint density at radius 2 is 1.82 bits per heavy atom. The highest BCUT2D eigenvalue weighted by molar-refractivity contribution is 6.74. The summed E-state index contributed by atoms with van der Waals surface area (Å²) in [6.07, 6.45) is 8.45. The molecule has 0 saturated heterocycles. The maximum atomic E-state index is 6.46. The number of hydrogen-bond acceptors (Lipinski definition) is 1. The van der Waals surface area contributed by atoms with Crippen LogP contribution < -0.4 is 0 Å². The lowest BCUT2D eigenvalue weighted by molar-refractivity contribution is 0.170. The van der Waals surface area contributed by atoms with Gasteiger partial charge >= 0.3 is 0 Å². The molecule has 0 aliphatic heterocycles. The first-order valence-corrected chi connectivity index (χ1v) is 9.94. The molecule has 2 heteroatoms. The van der Waals surface area contributed by atoms with Crippen LogP contribution in [0.1, 0.15) is 59.8 Å². The van der Waals surface area contributed by atoms with E-state index in [0.717, 1.165) is 6.42 Å². The molecule has 0 aliphatic rings. The molecule has 0 unspecified atom stereocenters.